The second-order valence-electron chi connectivity index (χ2n) is 8.49. The molecule has 0 heterocycles. The molecular weight excluding hydrogens is 487 g/mol. The lowest BCUT2D eigenvalue weighted by Gasteiger charge is -2.23. The Morgan fingerprint density at radius 3 is 2.33 bits per heavy atom. The van der Waals surface area contributed by atoms with Crippen LogP contribution >= 0.6 is 0 Å². The maximum Gasteiger partial charge on any atom is 0.229 e. The van der Waals surface area contributed by atoms with E-state index in [1.807, 2.05) is 18.2 Å². The summed E-state index contributed by atoms with van der Waals surface area (Å²) in [6.07, 6.45) is 0.840. The van der Waals surface area contributed by atoms with Gasteiger partial charge >= 0.3 is 0 Å². The van der Waals surface area contributed by atoms with E-state index in [-0.39, 0.29) is 36.3 Å². The van der Waals surface area contributed by atoms with Crippen molar-refractivity contribution in [2.24, 2.45) is 0 Å². The zero-order valence-electron chi connectivity index (χ0n) is 20.4. The van der Waals surface area contributed by atoms with Crippen molar-refractivity contribution < 1.29 is 32.5 Å². The summed E-state index contributed by atoms with van der Waals surface area (Å²) >= 11 is 0. The van der Waals surface area contributed by atoms with Gasteiger partial charge in [0.05, 0.1) is 32.3 Å². The molecule has 0 saturated carbocycles. The highest BCUT2D eigenvalue weighted by Crippen LogP contribution is 2.31. The maximum absolute atomic E-state index is 13.8. The number of nitrogens with one attached hydrogen (secondary N) is 2. The summed E-state index contributed by atoms with van der Waals surface area (Å²) in [5.74, 6) is 0.595. The number of phenolic OH excluding ortho intramolecular Hbond substituents is 1. The maximum atomic E-state index is 13.8. The lowest BCUT2D eigenvalue weighted by Crippen LogP contribution is -2.32. The highest BCUT2D eigenvalue weighted by molar-refractivity contribution is 7.92. The van der Waals surface area contributed by atoms with E-state index in [0.717, 1.165) is 17.4 Å². The van der Waals surface area contributed by atoms with Crippen LogP contribution in [0.15, 0.2) is 60.7 Å². The van der Waals surface area contributed by atoms with Gasteiger partial charge in [-0.3, -0.25) is 4.72 Å². The summed E-state index contributed by atoms with van der Waals surface area (Å²) in [5, 5.41) is 24.0. The number of aromatic hydroxyl groups is 1. The van der Waals surface area contributed by atoms with Crippen LogP contribution in [0, 0.1) is 5.82 Å². The number of sulfonamides is 1. The van der Waals surface area contributed by atoms with E-state index in [4.69, 9.17) is 9.47 Å². The number of hydrogen-bond acceptors (Lipinski definition) is 7. The Bertz CT molecular complexity index is 1290. The topological polar surface area (TPSA) is 117 Å². The Morgan fingerprint density at radius 1 is 0.944 bits per heavy atom. The minimum absolute atomic E-state index is 0.0458. The van der Waals surface area contributed by atoms with Crippen molar-refractivity contribution in [3.63, 3.8) is 0 Å². The van der Waals surface area contributed by atoms with Gasteiger partial charge in [-0.25, -0.2) is 12.8 Å². The van der Waals surface area contributed by atoms with E-state index in [9.17, 15) is 23.0 Å². The number of halogens is 1. The Balaban J connectivity index is 1.76. The number of aliphatic hydroxyl groups excluding tert-OH is 1. The largest absolute Gasteiger partial charge is 0.506 e. The fourth-order valence-corrected chi connectivity index (χ4v) is 4.45. The van der Waals surface area contributed by atoms with Crippen LogP contribution in [-0.4, -0.2) is 51.8 Å². The van der Waals surface area contributed by atoms with Crippen LogP contribution in [-0.2, 0) is 22.9 Å². The van der Waals surface area contributed by atoms with Crippen molar-refractivity contribution >= 4 is 15.7 Å². The van der Waals surface area contributed by atoms with E-state index in [1.165, 1.54) is 24.3 Å². The predicted molar refractivity (Wildman–Crippen MR) is 137 cm³/mol. The third-order valence-corrected chi connectivity index (χ3v) is 6.16. The number of benzene rings is 3. The Morgan fingerprint density at radius 2 is 1.67 bits per heavy atom. The SMILES string of the molecule is COc1ccc(C(Cc2cccc(F)c2)NCC(O)Cc2ccc(O)c(NS(C)(=O)=O)c2)cc1OC. The van der Waals surface area contributed by atoms with E-state index >= 15 is 0 Å². The molecule has 0 amide bonds. The number of ether oxygens (including phenoxy) is 2. The first-order valence-electron chi connectivity index (χ1n) is 11.3. The molecule has 0 spiro atoms. The van der Waals surface area contributed by atoms with Gasteiger partial charge in [0.1, 0.15) is 11.6 Å². The molecule has 0 bridgehead atoms. The van der Waals surface area contributed by atoms with Gasteiger partial charge in [0, 0.05) is 12.6 Å². The number of anilines is 1. The fraction of sp³-hybridized carbons (Fsp3) is 0.308. The third kappa shape index (κ3) is 7.84. The molecule has 2 atom stereocenters. The van der Waals surface area contributed by atoms with Crippen LogP contribution in [0.25, 0.3) is 0 Å². The van der Waals surface area contributed by atoms with E-state index in [0.29, 0.717) is 23.5 Å². The third-order valence-electron chi connectivity index (χ3n) is 5.57. The monoisotopic (exact) mass is 518 g/mol. The highest BCUT2D eigenvalue weighted by Gasteiger charge is 2.18. The van der Waals surface area contributed by atoms with Crippen LogP contribution in [0.4, 0.5) is 10.1 Å². The molecule has 0 aromatic heterocycles. The van der Waals surface area contributed by atoms with Crippen molar-refractivity contribution in [3.8, 4) is 17.2 Å². The number of phenols is 1. The molecule has 0 fully saturated rings. The van der Waals surface area contributed by atoms with E-state index in [1.54, 1.807) is 32.4 Å². The molecule has 194 valence electrons. The average molecular weight is 519 g/mol. The molecule has 10 heteroatoms. The van der Waals surface area contributed by atoms with Crippen molar-refractivity contribution in [2.45, 2.75) is 25.0 Å². The van der Waals surface area contributed by atoms with Crippen LogP contribution in [0.1, 0.15) is 22.7 Å². The molecule has 3 rings (SSSR count). The number of hydrogen-bond donors (Lipinski definition) is 4. The minimum atomic E-state index is -3.57. The molecule has 0 radical (unpaired) electrons. The quantitative estimate of drug-likeness (QED) is 0.272. The first kappa shape index (κ1) is 27.3. The molecule has 8 nitrogen and oxygen atoms in total. The van der Waals surface area contributed by atoms with Crippen LogP contribution in [0.3, 0.4) is 0 Å². The summed E-state index contributed by atoms with van der Waals surface area (Å²) in [6, 6.07) is 16.1. The standard InChI is InChI=1S/C26H31FN2O6S/c1-34-25-10-8-19(15-26(25)35-2)22(13-17-5-4-6-20(27)11-17)28-16-21(30)12-18-7-9-24(31)23(14-18)29-36(3,32)33/h4-11,14-15,21-22,28-31H,12-13,16H2,1-3H3. The molecule has 3 aromatic carbocycles. The molecular formula is C26H31FN2O6S. The van der Waals surface area contributed by atoms with Gasteiger partial charge in [0.15, 0.2) is 11.5 Å². The summed E-state index contributed by atoms with van der Waals surface area (Å²) in [5.41, 5.74) is 2.34. The molecule has 0 aliphatic rings. The average Bonchev–Trinajstić information content (AvgIpc) is 2.82. The molecule has 0 aliphatic carbocycles. The van der Waals surface area contributed by atoms with Crippen LogP contribution < -0.4 is 19.5 Å². The van der Waals surface area contributed by atoms with E-state index in [2.05, 4.69) is 10.0 Å². The number of aliphatic hydroxyl groups is 1. The normalized spacial score (nSPS) is 13.1. The Labute approximate surface area is 210 Å². The van der Waals surface area contributed by atoms with Gasteiger partial charge < -0.3 is 25.0 Å². The van der Waals surface area contributed by atoms with Gasteiger partial charge in [-0.05, 0) is 65.9 Å². The molecule has 3 aromatic rings. The van der Waals surface area contributed by atoms with Gasteiger partial charge in [0.2, 0.25) is 10.0 Å². The molecule has 2 unspecified atom stereocenters. The molecule has 0 saturated heterocycles. The number of rotatable bonds is 12. The lowest BCUT2D eigenvalue weighted by molar-refractivity contribution is 0.167. The van der Waals surface area contributed by atoms with Gasteiger partial charge in [0.25, 0.3) is 0 Å². The van der Waals surface area contributed by atoms with E-state index < -0.39 is 16.1 Å². The highest BCUT2D eigenvalue weighted by atomic mass is 32.2. The van der Waals surface area contributed by atoms with Crippen LogP contribution in [0.2, 0.25) is 0 Å². The lowest BCUT2D eigenvalue weighted by atomic mass is 9.97. The van der Waals surface area contributed by atoms with Gasteiger partial charge in [-0.2, -0.15) is 0 Å². The van der Waals surface area contributed by atoms with Crippen molar-refractivity contribution in [2.75, 3.05) is 31.7 Å². The smallest absolute Gasteiger partial charge is 0.229 e. The molecule has 36 heavy (non-hydrogen) atoms. The first-order valence-corrected chi connectivity index (χ1v) is 13.1. The Hall–Kier alpha value is -3.34. The van der Waals surface area contributed by atoms with Gasteiger partial charge in [-0.1, -0.05) is 24.3 Å². The molecule has 4 N–H and O–H groups in total. The minimum Gasteiger partial charge on any atom is -0.506 e. The summed E-state index contributed by atoms with van der Waals surface area (Å²) in [4.78, 5) is 0. The number of methoxy groups -OCH3 is 2. The Kier molecular flexibility index (Phi) is 9.14. The van der Waals surface area contributed by atoms with Crippen molar-refractivity contribution in [3.05, 3.63) is 83.2 Å². The van der Waals surface area contributed by atoms with Crippen LogP contribution in [0.5, 0.6) is 17.2 Å². The first-order chi connectivity index (χ1) is 17.1. The zero-order valence-corrected chi connectivity index (χ0v) is 21.2. The fourth-order valence-electron chi connectivity index (χ4n) is 3.89. The molecule has 0 aliphatic heterocycles. The van der Waals surface area contributed by atoms with Crippen molar-refractivity contribution in [1.82, 2.24) is 5.32 Å². The second kappa shape index (κ2) is 12.1. The summed E-state index contributed by atoms with van der Waals surface area (Å²) in [6.45, 7) is 0.198. The van der Waals surface area contributed by atoms with Gasteiger partial charge in [-0.15, -0.1) is 0 Å². The summed E-state index contributed by atoms with van der Waals surface area (Å²) in [7, 11) is -0.473. The zero-order chi connectivity index (χ0) is 26.3. The predicted octanol–water partition coefficient (Wildman–Crippen LogP) is 3.40. The summed E-state index contributed by atoms with van der Waals surface area (Å²) < 4.78 is 49.9. The second-order valence-corrected chi connectivity index (χ2v) is 10.2. The van der Waals surface area contributed by atoms with Crippen molar-refractivity contribution in [1.29, 1.82) is 0 Å².